The number of hydrogen-bond acceptors (Lipinski definition) is 6. The Balaban J connectivity index is 1.37. The minimum Gasteiger partial charge on any atom is -0.451 e. The summed E-state index contributed by atoms with van der Waals surface area (Å²) < 4.78 is 6.18. The molecule has 2 heterocycles. The van der Waals surface area contributed by atoms with E-state index in [1.807, 2.05) is 26.0 Å². The van der Waals surface area contributed by atoms with E-state index in [4.69, 9.17) is 4.74 Å². The molecule has 0 radical (unpaired) electrons. The molecule has 1 amide bonds. The van der Waals surface area contributed by atoms with Gasteiger partial charge in [0.15, 0.2) is 11.7 Å². The summed E-state index contributed by atoms with van der Waals surface area (Å²) in [6, 6.07) is 6.01. The van der Waals surface area contributed by atoms with Crippen LogP contribution in [0.4, 0.5) is 5.13 Å². The number of carbonyl (C=O) groups is 2. The maximum Gasteiger partial charge on any atom is 0.348 e. The van der Waals surface area contributed by atoms with Crippen molar-refractivity contribution >= 4 is 49.9 Å². The number of thiazole rings is 1. The summed E-state index contributed by atoms with van der Waals surface area (Å²) in [6.45, 7) is 3.72. The smallest absolute Gasteiger partial charge is 0.348 e. The fourth-order valence-corrected chi connectivity index (χ4v) is 5.42. The van der Waals surface area contributed by atoms with Crippen molar-refractivity contribution in [1.29, 1.82) is 0 Å². The molecule has 0 saturated carbocycles. The topological polar surface area (TPSA) is 68.3 Å². The summed E-state index contributed by atoms with van der Waals surface area (Å²) in [5.41, 5.74) is 4.37. The molecule has 134 valence electrons. The van der Waals surface area contributed by atoms with Crippen LogP contribution in [0.25, 0.3) is 10.2 Å². The van der Waals surface area contributed by atoms with Crippen molar-refractivity contribution in [3.05, 3.63) is 44.6 Å². The highest BCUT2D eigenvalue weighted by molar-refractivity contribution is 7.22. The normalized spacial score (nSPS) is 13.0. The number of benzene rings is 1. The van der Waals surface area contributed by atoms with Crippen LogP contribution in [0.1, 0.15) is 37.7 Å². The second-order valence-electron chi connectivity index (χ2n) is 6.48. The zero-order chi connectivity index (χ0) is 18.3. The summed E-state index contributed by atoms with van der Waals surface area (Å²) in [5, 5.41) is 3.24. The van der Waals surface area contributed by atoms with E-state index in [0.29, 0.717) is 10.0 Å². The highest BCUT2D eigenvalue weighted by Crippen LogP contribution is 2.31. The first kappa shape index (κ1) is 17.2. The van der Waals surface area contributed by atoms with Crippen molar-refractivity contribution in [2.24, 2.45) is 0 Å². The number of hydrogen-bond donors (Lipinski definition) is 1. The number of nitrogens with one attached hydrogen (secondary N) is 1. The van der Waals surface area contributed by atoms with Crippen LogP contribution >= 0.6 is 22.7 Å². The highest BCUT2D eigenvalue weighted by Gasteiger charge is 2.20. The van der Waals surface area contributed by atoms with Gasteiger partial charge in [0.2, 0.25) is 0 Å². The van der Waals surface area contributed by atoms with Crippen LogP contribution in [-0.2, 0) is 22.4 Å². The van der Waals surface area contributed by atoms with Crippen LogP contribution in [0.2, 0.25) is 0 Å². The number of carbonyl (C=O) groups excluding carboxylic acids is 2. The Morgan fingerprint density at radius 1 is 1.19 bits per heavy atom. The summed E-state index contributed by atoms with van der Waals surface area (Å²) in [4.78, 5) is 30.5. The van der Waals surface area contributed by atoms with Crippen molar-refractivity contribution in [3.8, 4) is 0 Å². The minimum absolute atomic E-state index is 0.310. The van der Waals surface area contributed by atoms with Gasteiger partial charge in [-0.25, -0.2) is 9.78 Å². The van der Waals surface area contributed by atoms with E-state index < -0.39 is 5.97 Å². The van der Waals surface area contributed by atoms with Gasteiger partial charge >= 0.3 is 5.97 Å². The number of nitrogens with zero attached hydrogens (tertiary/aromatic N) is 1. The molecule has 1 N–H and O–H groups in total. The predicted molar refractivity (Wildman–Crippen MR) is 104 cm³/mol. The fraction of sp³-hybridized carbons (Fsp3) is 0.316. The molecule has 0 unspecified atom stereocenters. The third kappa shape index (κ3) is 3.37. The minimum atomic E-state index is -0.435. The molecule has 1 aromatic carbocycles. The number of esters is 1. The van der Waals surface area contributed by atoms with Crippen molar-refractivity contribution in [3.63, 3.8) is 0 Å². The number of aryl methyl sites for hydroxylation is 4. The molecule has 3 aromatic rings. The van der Waals surface area contributed by atoms with Crippen molar-refractivity contribution in [1.82, 2.24) is 4.98 Å². The van der Waals surface area contributed by atoms with Crippen LogP contribution in [0.5, 0.6) is 0 Å². The first-order chi connectivity index (χ1) is 12.5. The van der Waals surface area contributed by atoms with E-state index in [-0.39, 0.29) is 12.5 Å². The van der Waals surface area contributed by atoms with Crippen LogP contribution in [-0.4, -0.2) is 23.5 Å². The monoisotopic (exact) mass is 386 g/mol. The molecular formula is C19H18N2O3S2. The molecule has 26 heavy (non-hydrogen) atoms. The van der Waals surface area contributed by atoms with Crippen LogP contribution in [0.3, 0.4) is 0 Å². The van der Waals surface area contributed by atoms with Gasteiger partial charge in [-0.2, -0.15) is 0 Å². The molecule has 5 nitrogen and oxygen atoms in total. The number of aromatic nitrogens is 1. The Morgan fingerprint density at radius 3 is 2.85 bits per heavy atom. The molecule has 1 aliphatic carbocycles. The van der Waals surface area contributed by atoms with Crippen molar-refractivity contribution in [2.75, 3.05) is 11.9 Å². The Kier molecular flexibility index (Phi) is 4.50. The van der Waals surface area contributed by atoms with E-state index in [9.17, 15) is 9.59 Å². The van der Waals surface area contributed by atoms with Crippen LogP contribution in [0.15, 0.2) is 18.2 Å². The molecule has 0 aliphatic heterocycles. The average Bonchev–Trinajstić information content (AvgIpc) is 3.26. The molecule has 0 spiro atoms. The van der Waals surface area contributed by atoms with Crippen LogP contribution in [0, 0.1) is 13.8 Å². The zero-order valence-electron chi connectivity index (χ0n) is 14.5. The van der Waals surface area contributed by atoms with Gasteiger partial charge in [-0.05, 0) is 61.9 Å². The molecular weight excluding hydrogens is 368 g/mol. The van der Waals surface area contributed by atoms with E-state index in [2.05, 4.69) is 16.4 Å². The van der Waals surface area contributed by atoms with Gasteiger partial charge in [0, 0.05) is 4.88 Å². The van der Waals surface area contributed by atoms with E-state index in [1.165, 1.54) is 33.1 Å². The second-order valence-corrected chi connectivity index (χ2v) is 8.65. The van der Waals surface area contributed by atoms with Gasteiger partial charge in [0.1, 0.15) is 4.88 Å². The Labute approximate surface area is 159 Å². The first-order valence-corrected chi connectivity index (χ1v) is 10.1. The van der Waals surface area contributed by atoms with Crippen molar-refractivity contribution in [2.45, 2.75) is 33.1 Å². The van der Waals surface area contributed by atoms with Crippen molar-refractivity contribution < 1.29 is 14.3 Å². The van der Waals surface area contributed by atoms with Gasteiger partial charge in [-0.1, -0.05) is 17.4 Å². The summed E-state index contributed by atoms with van der Waals surface area (Å²) in [5.74, 6) is -0.814. The number of rotatable bonds is 4. The van der Waals surface area contributed by atoms with Gasteiger partial charge in [0.05, 0.1) is 10.2 Å². The lowest BCUT2D eigenvalue weighted by atomic mass is 10.1. The number of fused-ring (bicyclic) bond motifs is 2. The standard InChI is InChI=1S/C19H18N2O3S2/c1-10-6-11(2)17-14(7-10)26-19(21-17)20-16(22)9-24-18(23)15-8-12-4-3-5-13(12)25-15/h6-8H,3-5,9H2,1-2H3,(H,20,21,22). The number of anilines is 1. The molecule has 4 rings (SSSR count). The van der Waals surface area contributed by atoms with Gasteiger partial charge in [-0.15, -0.1) is 11.3 Å². The molecule has 1 aliphatic rings. The third-order valence-electron chi connectivity index (χ3n) is 4.36. The largest absolute Gasteiger partial charge is 0.451 e. The third-order valence-corrected chi connectivity index (χ3v) is 6.49. The Hall–Kier alpha value is -2.25. The summed E-state index contributed by atoms with van der Waals surface area (Å²) in [7, 11) is 0. The van der Waals surface area contributed by atoms with E-state index >= 15 is 0 Å². The molecule has 0 atom stereocenters. The van der Waals surface area contributed by atoms with Gasteiger partial charge < -0.3 is 4.74 Å². The Bertz CT molecular complexity index is 998. The van der Waals surface area contributed by atoms with Gasteiger partial charge in [0.25, 0.3) is 5.91 Å². The maximum absolute atomic E-state index is 12.1. The van der Waals surface area contributed by atoms with Gasteiger partial charge in [-0.3, -0.25) is 10.1 Å². The maximum atomic E-state index is 12.1. The summed E-state index contributed by atoms with van der Waals surface area (Å²) in [6.07, 6.45) is 3.21. The molecule has 0 saturated heterocycles. The first-order valence-electron chi connectivity index (χ1n) is 8.46. The quantitative estimate of drug-likeness (QED) is 0.680. The zero-order valence-corrected chi connectivity index (χ0v) is 16.2. The summed E-state index contributed by atoms with van der Waals surface area (Å²) >= 11 is 2.89. The highest BCUT2D eigenvalue weighted by atomic mass is 32.1. The Morgan fingerprint density at radius 2 is 2.04 bits per heavy atom. The predicted octanol–water partition coefficient (Wildman–Crippen LogP) is 4.26. The van der Waals surface area contributed by atoms with Crippen LogP contribution < -0.4 is 5.32 Å². The SMILES string of the molecule is Cc1cc(C)c2nc(NC(=O)COC(=O)c3cc4c(s3)CCC4)sc2c1. The molecule has 2 aromatic heterocycles. The lowest BCUT2D eigenvalue weighted by molar-refractivity contribution is -0.119. The number of ether oxygens (including phenoxy) is 1. The fourth-order valence-electron chi connectivity index (χ4n) is 3.21. The lowest BCUT2D eigenvalue weighted by Gasteiger charge is -2.03. The van der Waals surface area contributed by atoms with E-state index in [0.717, 1.165) is 40.6 Å². The number of amides is 1. The lowest BCUT2D eigenvalue weighted by Crippen LogP contribution is -2.20. The number of thiophene rings is 1. The van der Waals surface area contributed by atoms with E-state index in [1.54, 1.807) is 0 Å². The molecule has 0 bridgehead atoms. The molecule has 7 heteroatoms. The molecule has 0 fully saturated rings. The average molecular weight is 386 g/mol. The second kappa shape index (κ2) is 6.81.